The fourth-order valence-corrected chi connectivity index (χ4v) is 5.27. The Labute approximate surface area is 400 Å². The van der Waals surface area contributed by atoms with Gasteiger partial charge in [-0.3, -0.25) is 43.2 Å². The summed E-state index contributed by atoms with van der Waals surface area (Å²) >= 11 is 0. The predicted octanol–water partition coefficient (Wildman–Crippen LogP) is 4.73. The first kappa shape index (κ1) is 69.8. The maximum absolute atomic E-state index is 11.9. The van der Waals surface area contributed by atoms with Crippen molar-refractivity contribution in [1.82, 2.24) is 5.32 Å². The first-order chi connectivity index (χ1) is 32.0. The summed E-state index contributed by atoms with van der Waals surface area (Å²) < 4.78 is 33.0. The van der Waals surface area contributed by atoms with Gasteiger partial charge in [0.05, 0.1) is 30.2 Å². The topological polar surface area (TPSA) is 387 Å². The van der Waals surface area contributed by atoms with Crippen molar-refractivity contribution in [1.29, 1.82) is 10.5 Å². The highest BCUT2D eigenvalue weighted by Crippen LogP contribution is 2.20. The zero-order chi connectivity index (χ0) is 55.1. The van der Waals surface area contributed by atoms with Gasteiger partial charge in [-0.1, -0.05) is 54.7 Å². The number of hydrogen-bond donors (Lipinski definition) is 7. The van der Waals surface area contributed by atoms with E-state index in [0.29, 0.717) is 0 Å². The molecule has 0 radical (unpaired) electrons. The molecular weight excluding hydrogens is 931 g/mol. The lowest BCUT2D eigenvalue weighted by Crippen LogP contribution is -2.35. The van der Waals surface area contributed by atoms with E-state index in [-0.39, 0.29) is 43.8 Å². The number of rotatable bonds is 23. The molecule has 0 aliphatic heterocycles. The van der Waals surface area contributed by atoms with Gasteiger partial charge in [-0.25, -0.2) is 8.42 Å². The molecule has 380 valence electrons. The molecule has 0 aromatic heterocycles. The van der Waals surface area contributed by atoms with Crippen LogP contribution in [0.1, 0.15) is 53.4 Å². The van der Waals surface area contributed by atoms with Crippen LogP contribution in [-0.4, -0.2) is 118 Å². The Morgan fingerprint density at radius 2 is 1.12 bits per heavy atom. The number of carboxylic acids is 6. The minimum Gasteiger partial charge on any atom is -0.481 e. The third kappa shape index (κ3) is 27.8. The third-order valence-corrected chi connectivity index (χ3v) is 10.2. The minimum absolute atomic E-state index is 0.0178. The van der Waals surface area contributed by atoms with Gasteiger partial charge < -0.3 is 45.4 Å². The van der Waals surface area contributed by atoms with E-state index < -0.39 is 97.3 Å². The average molecular weight is 992 g/mol. The third-order valence-electron chi connectivity index (χ3n) is 8.13. The molecule has 0 saturated carbocycles. The Bertz CT molecular complexity index is 2140. The van der Waals surface area contributed by atoms with Crippen LogP contribution in [0, 0.1) is 51.2 Å². The number of nitriles is 2. The van der Waals surface area contributed by atoms with Gasteiger partial charge in [0, 0.05) is 7.05 Å². The number of hydrogen-bond acceptors (Lipinski definition) is 15. The second kappa shape index (κ2) is 38.0. The first-order valence-corrected chi connectivity index (χ1v) is 21.3. The summed E-state index contributed by atoms with van der Waals surface area (Å²) in [5.41, 5.74) is -3.06. The fraction of sp³-hybridized carbons (Fsp3) is 0.370. The number of carbonyl (C=O) groups excluding carboxylic acids is 3. The van der Waals surface area contributed by atoms with Crippen molar-refractivity contribution in [3.05, 3.63) is 106 Å². The molecule has 0 fully saturated rings. The number of sulfone groups is 1. The van der Waals surface area contributed by atoms with E-state index in [9.17, 15) is 51.6 Å². The Morgan fingerprint density at radius 1 is 0.667 bits per heavy atom. The van der Waals surface area contributed by atoms with Crippen molar-refractivity contribution in [3.63, 3.8) is 0 Å². The number of amides is 1. The van der Waals surface area contributed by atoms with Crippen LogP contribution < -0.4 is 5.32 Å². The van der Waals surface area contributed by atoms with Crippen molar-refractivity contribution in [2.45, 2.75) is 63.5 Å². The zero-order valence-corrected chi connectivity index (χ0v) is 39.8. The SMILES string of the molecule is C=CC(C)(C#N)C(=O)O.C=CC(C)(C(=O)O)C(=O)OCC.C=CCC(C#N)C(=O)O.C=CCC(C(=O)O)C(=O)NC.C=CCC(C(=O)O)C(=O)OCC.C=CCC(C(=O)O)S(=O)(=O)c1ccccc1. The molecular formula is C46H61N3O19S. The van der Waals surface area contributed by atoms with Gasteiger partial charge in [0.1, 0.15) is 11.8 Å². The molecule has 7 N–H and O–H groups in total. The molecule has 1 amide bonds. The predicted molar refractivity (Wildman–Crippen MR) is 248 cm³/mol. The van der Waals surface area contributed by atoms with Gasteiger partial charge >= 0.3 is 47.8 Å². The summed E-state index contributed by atoms with van der Waals surface area (Å²) in [7, 11) is -2.43. The second-order valence-corrected chi connectivity index (χ2v) is 15.3. The van der Waals surface area contributed by atoms with Crippen LogP contribution in [-0.2, 0) is 62.5 Å². The Morgan fingerprint density at radius 3 is 1.38 bits per heavy atom. The molecule has 0 spiro atoms. The Hall–Kier alpha value is -8.18. The van der Waals surface area contributed by atoms with E-state index in [4.69, 9.17) is 41.2 Å². The monoisotopic (exact) mass is 991 g/mol. The van der Waals surface area contributed by atoms with Crippen LogP contribution in [0.3, 0.4) is 0 Å². The minimum atomic E-state index is -3.83. The lowest BCUT2D eigenvalue weighted by atomic mass is 9.91. The highest BCUT2D eigenvalue weighted by molar-refractivity contribution is 7.92. The lowest BCUT2D eigenvalue weighted by Gasteiger charge is -2.17. The smallest absolute Gasteiger partial charge is 0.327 e. The van der Waals surface area contributed by atoms with Gasteiger partial charge in [0.2, 0.25) is 5.91 Å². The summed E-state index contributed by atoms with van der Waals surface area (Å²) in [5, 5.41) is 68.4. The van der Waals surface area contributed by atoms with Crippen LogP contribution in [0.5, 0.6) is 0 Å². The maximum atomic E-state index is 11.9. The van der Waals surface area contributed by atoms with Gasteiger partial charge in [-0.05, 0) is 65.5 Å². The number of nitrogens with zero attached hydrogens (tertiary/aromatic N) is 2. The molecule has 6 atom stereocenters. The highest BCUT2D eigenvalue weighted by Gasteiger charge is 2.39. The average Bonchev–Trinajstić information content (AvgIpc) is 3.30. The van der Waals surface area contributed by atoms with Gasteiger partial charge in [-0.15, -0.1) is 39.5 Å². The quantitative estimate of drug-likeness (QED) is 0.0443. The zero-order valence-electron chi connectivity index (χ0n) is 38.9. The summed E-state index contributed by atoms with van der Waals surface area (Å²) in [4.78, 5) is 95.4. The Kier molecular flexibility index (Phi) is 38.4. The van der Waals surface area contributed by atoms with Crippen molar-refractivity contribution >= 4 is 63.5 Å². The number of carbonyl (C=O) groups is 9. The van der Waals surface area contributed by atoms with Gasteiger partial charge in [0.15, 0.2) is 31.8 Å². The molecule has 0 bridgehead atoms. The van der Waals surface area contributed by atoms with Crippen LogP contribution in [0.4, 0.5) is 0 Å². The standard InChI is InChI=1S/C11H12O4S.2C8H12O4.C7H11NO3.2C6H7NO2/c1-2-6-10(11(12)13)16(14,15)9-7-4-3-5-8-9;1-4-8(3,6(9)10)7(11)12-5-2;1-3-5-6(7(9)10)8(11)12-4-2;1-3-4-5(7(10)11)6(9)8-2;1-3-6(2,4-7)5(8)9;1-2-3-5(4-7)6(8)9/h2-5,7-8,10H,1,6H2,(H,12,13);4H,1,5H2,2-3H3,(H,9,10);3,6H,1,4-5H2,2H3,(H,9,10);3,5H,1,4H2,2H3,(H,8,9)(H,10,11);3H,1H2,2H3,(H,8,9);2,5H,1,3H2,(H,8,9). The molecule has 23 heteroatoms. The lowest BCUT2D eigenvalue weighted by molar-refractivity contribution is -0.164. The summed E-state index contributed by atoms with van der Waals surface area (Å²) in [6, 6.07) is 10.8. The van der Waals surface area contributed by atoms with Crippen LogP contribution in [0.15, 0.2) is 111 Å². The van der Waals surface area contributed by atoms with Crippen molar-refractivity contribution in [2.75, 3.05) is 20.3 Å². The molecule has 6 unspecified atom stereocenters. The van der Waals surface area contributed by atoms with Crippen molar-refractivity contribution in [2.24, 2.45) is 28.6 Å². The molecule has 0 heterocycles. The second-order valence-electron chi connectivity index (χ2n) is 13.2. The number of carboxylic acid groups (broad SMARTS) is 6. The van der Waals surface area contributed by atoms with E-state index in [1.807, 2.05) is 0 Å². The van der Waals surface area contributed by atoms with E-state index in [2.05, 4.69) is 54.3 Å². The summed E-state index contributed by atoms with van der Waals surface area (Å²) in [6.07, 6.45) is 8.05. The van der Waals surface area contributed by atoms with Crippen LogP contribution >= 0.6 is 0 Å². The van der Waals surface area contributed by atoms with E-state index in [1.54, 1.807) is 44.2 Å². The number of ether oxygens (including phenoxy) is 2. The number of benzene rings is 1. The van der Waals surface area contributed by atoms with Crippen molar-refractivity contribution < 1.29 is 91.7 Å². The first-order valence-electron chi connectivity index (χ1n) is 19.8. The number of aliphatic carboxylic acids is 6. The van der Waals surface area contributed by atoms with Crippen LogP contribution in [0.25, 0.3) is 0 Å². The molecule has 0 aliphatic carbocycles. The largest absolute Gasteiger partial charge is 0.481 e. The highest BCUT2D eigenvalue weighted by atomic mass is 32.2. The number of nitrogens with one attached hydrogen (secondary N) is 1. The molecule has 1 aromatic rings. The number of allylic oxidation sites excluding steroid dienone is 4. The van der Waals surface area contributed by atoms with Crippen molar-refractivity contribution in [3.8, 4) is 12.1 Å². The summed E-state index contributed by atoms with van der Waals surface area (Å²) in [5.74, 6) is -12.2. The normalized spacial score (nSPS) is 12.9. The molecule has 1 aromatic carbocycles. The molecule has 1 rings (SSSR count). The fourth-order valence-electron chi connectivity index (χ4n) is 3.75. The molecule has 69 heavy (non-hydrogen) atoms. The molecule has 22 nitrogen and oxygen atoms in total. The van der Waals surface area contributed by atoms with E-state index in [0.717, 1.165) is 12.2 Å². The van der Waals surface area contributed by atoms with Gasteiger partial charge in [-0.2, -0.15) is 10.5 Å². The van der Waals surface area contributed by atoms with Crippen LogP contribution in [0.2, 0.25) is 0 Å². The van der Waals surface area contributed by atoms with Gasteiger partial charge in [0.25, 0.3) is 0 Å². The Balaban J connectivity index is -0.000000240. The molecule has 0 aliphatic rings. The number of esters is 2. The summed E-state index contributed by atoms with van der Waals surface area (Å²) in [6.45, 7) is 26.0. The molecule has 0 saturated heterocycles. The maximum Gasteiger partial charge on any atom is 0.327 e. The van der Waals surface area contributed by atoms with E-state index in [1.165, 1.54) is 57.3 Å². The van der Waals surface area contributed by atoms with E-state index >= 15 is 0 Å².